The Labute approximate surface area is 158 Å². The fourth-order valence-corrected chi connectivity index (χ4v) is 2.74. The molecule has 0 bridgehead atoms. The molecule has 0 fully saturated rings. The smallest absolute Gasteiger partial charge is 0.292 e. The molecule has 0 radical (unpaired) electrons. The van der Waals surface area contributed by atoms with Gasteiger partial charge in [-0.25, -0.2) is 4.98 Å². The van der Waals surface area contributed by atoms with E-state index < -0.39 is 0 Å². The molecule has 0 saturated carbocycles. The number of carbonyl (C=O) groups excluding carboxylic acids is 1. The van der Waals surface area contributed by atoms with Crippen LogP contribution in [0.25, 0.3) is 0 Å². The number of amides is 1. The van der Waals surface area contributed by atoms with Gasteiger partial charge >= 0.3 is 0 Å². The second-order valence-corrected chi connectivity index (χ2v) is 5.98. The van der Waals surface area contributed by atoms with E-state index in [9.17, 15) is 4.79 Å². The van der Waals surface area contributed by atoms with Crippen LogP contribution < -0.4 is 14.8 Å². The largest absolute Gasteiger partial charge is 0.497 e. The van der Waals surface area contributed by atoms with Crippen LogP contribution in [0.15, 0.2) is 53.1 Å². The predicted molar refractivity (Wildman–Crippen MR) is 103 cm³/mol. The van der Waals surface area contributed by atoms with Gasteiger partial charge in [0.1, 0.15) is 23.1 Å². The number of hydrogen-bond acceptors (Lipinski definition) is 5. The third kappa shape index (κ3) is 4.47. The van der Waals surface area contributed by atoms with Crippen LogP contribution in [0.4, 0.5) is 5.82 Å². The van der Waals surface area contributed by atoms with Crippen LogP contribution in [0.2, 0.25) is 0 Å². The third-order valence-electron chi connectivity index (χ3n) is 4.21. The Balaban J connectivity index is 1.73. The van der Waals surface area contributed by atoms with Crippen LogP contribution in [0.3, 0.4) is 0 Å². The van der Waals surface area contributed by atoms with Gasteiger partial charge in [0, 0.05) is 18.2 Å². The van der Waals surface area contributed by atoms with Crippen LogP contribution in [0.1, 0.15) is 34.4 Å². The summed E-state index contributed by atoms with van der Waals surface area (Å²) in [5.74, 6) is 2.53. The zero-order chi connectivity index (χ0) is 19.2. The van der Waals surface area contributed by atoms with Crippen molar-refractivity contribution in [3.05, 3.63) is 71.3 Å². The van der Waals surface area contributed by atoms with Crippen molar-refractivity contribution in [3.8, 4) is 11.5 Å². The summed E-state index contributed by atoms with van der Waals surface area (Å²) >= 11 is 0. The molecule has 0 saturated heterocycles. The molecular formula is C21H22N2O4. The van der Waals surface area contributed by atoms with E-state index in [0.29, 0.717) is 18.0 Å². The predicted octanol–water partition coefficient (Wildman–Crippen LogP) is 4.10. The molecule has 2 aromatic heterocycles. The summed E-state index contributed by atoms with van der Waals surface area (Å²) in [6.45, 7) is 2.05. The molecule has 27 heavy (non-hydrogen) atoms. The zero-order valence-corrected chi connectivity index (χ0v) is 15.6. The summed E-state index contributed by atoms with van der Waals surface area (Å²) in [5.41, 5.74) is 2.01. The van der Waals surface area contributed by atoms with E-state index >= 15 is 0 Å². The van der Waals surface area contributed by atoms with E-state index in [4.69, 9.17) is 13.9 Å². The first-order valence-corrected chi connectivity index (χ1v) is 8.68. The zero-order valence-electron chi connectivity index (χ0n) is 15.6. The molecule has 0 unspecified atom stereocenters. The molecule has 3 aromatic rings. The van der Waals surface area contributed by atoms with Gasteiger partial charge in [-0.1, -0.05) is 6.92 Å². The number of aromatic nitrogens is 1. The highest BCUT2D eigenvalue weighted by molar-refractivity contribution is 6.01. The van der Waals surface area contributed by atoms with Crippen molar-refractivity contribution in [2.45, 2.75) is 19.8 Å². The molecule has 6 nitrogen and oxygen atoms in total. The first kappa shape index (κ1) is 18.5. The van der Waals surface area contributed by atoms with Crippen LogP contribution in [-0.4, -0.2) is 25.1 Å². The molecular weight excluding hydrogens is 344 g/mol. The van der Waals surface area contributed by atoms with Gasteiger partial charge in [-0.15, -0.1) is 0 Å². The van der Waals surface area contributed by atoms with Crippen molar-refractivity contribution in [3.63, 3.8) is 0 Å². The van der Waals surface area contributed by atoms with Gasteiger partial charge in [-0.05, 0) is 54.4 Å². The third-order valence-corrected chi connectivity index (χ3v) is 4.21. The highest BCUT2D eigenvalue weighted by Crippen LogP contribution is 2.27. The van der Waals surface area contributed by atoms with Crippen LogP contribution in [0, 0.1) is 0 Å². The molecule has 140 valence electrons. The minimum Gasteiger partial charge on any atom is -0.497 e. The number of anilines is 1. The van der Waals surface area contributed by atoms with Crippen LogP contribution in [0.5, 0.6) is 11.5 Å². The van der Waals surface area contributed by atoms with Gasteiger partial charge in [0.05, 0.1) is 14.2 Å². The highest BCUT2D eigenvalue weighted by Gasteiger charge is 2.14. The Hall–Kier alpha value is -3.28. The van der Waals surface area contributed by atoms with E-state index in [0.717, 1.165) is 29.0 Å². The lowest BCUT2D eigenvalue weighted by Crippen LogP contribution is -2.12. The number of hydrogen-bond donors (Lipinski definition) is 1. The van der Waals surface area contributed by atoms with Crippen molar-refractivity contribution in [1.82, 2.24) is 4.98 Å². The lowest BCUT2D eigenvalue weighted by atomic mass is 10.1. The van der Waals surface area contributed by atoms with Gasteiger partial charge in [-0.2, -0.15) is 0 Å². The Morgan fingerprint density at radius 3 is 2.70 bits per heavy atom. The number of nitrogens with zero attached hydrogens (tertiary/aromatic N) is 1. The number of aryl methyl sites for hydroxylation is 1. The normalized spacial score (nSPS) is 10.5. The van der Waals surface area contributed by atoms with Crippen molar-refractivity contribution in [2.24, 2.45) is 0 Å². The number of nitrogens with one attached hydrogen (secondary N) is 1. The monoisotopic (exact) mass is 366 g/mol. The first-order valence-electron chi connectivity index (χ1n) is 8.68. The number of methoxy groups -OCH3 is 2. The molecule has 0 atom stereocenters. The lowest BCUT2D eigenvalue weighted by molar-refractivity contribution is 0.0994. The van der Waals surface area contributed by atoms with Crippen molar-refractivity contribution >= 4 is 11.7 Å². The van der Waals surface area contributed by atoms with Gasteiger partial charge in [0.15, 0.2) is 5.76 Å². The Bertz CT molecular complexity index is 933. The quantitative estimate of drug-likeness (QED) is 0.681. The molecule has 0 aliphatic heterocycles. The number of furan rings is 1. The SMILES string of the molecule is CCc1ccnc(NC(=O)c2ccc(Cc3cc(OC)ccc3OC)o2)c1. The van der Waals surface area contributed by atoms with E-state index in [1.807, 2.05) is 37.3 Å². The molecule has 0 aliphatic rings. The molecule has 6 heteroatoms. The number of rotatable bonds is 7. The van der Waals surface area contributed by atoms with E-state index in [2.05, 4.69) is 10.3 Å². The van der Waals surface area contributed by atoms with Crippen molar-refractivity contribution in [1.29, 1.82) is 0 Å². The summed E-state index contributed by atoms with van der Waals surface area (Å²) in [4.78, 5) is 16.6. The van der Waals surface area contributed by atoms with Crippen molar-refractivity contribution in [2.75, 3.05) is 19.5 Å². The van der Waals surface area contributed by atoms with Gasteiger partial charge in [0.25, 0.3) is 5.91 Å². The summed E-state index contributed by atoms with van der Waals surface area (Å²) in [6, 6.07) is 12.8. The molecule has 1 N–H and O–H groups in total. The minimum absolute atomic E-state index is 0.232. The maximum absolute atomic E-state index is 12.4. The molecule has 1 aromatic carbocycles. The summed E-state index contributed by atoms with van der Waals surface area (Å²) < 4.78 is 16.4. The maximum Gasteiger partial charge on any atom is 0.292 e. The second-order valence-electron chi connectivity index (χ2n) is 5.98. The molecule has 2 heterocycles. The van der Waals surface area contributed by atoms with E-state index in [1.54, 1.807) is 32.5 Å². The average molecular weight is 366 g/mol. The Morgan fingerprint density at radius 1 is 1.11 bits per heavy atom. The second kappa shape index (κ2) is 8.40. The topological polar surface area (TPSA) is 73.6 Å². The van der Waals surface area contributed by atoms with E-state index in [1.165, 1.54) is 0 Å². The molecule has 0 aliphatic carbocycles. The number of ether oxygens (including phenoxy) is 2. The van der Waals surface area contributed by atoms with Gasteiger partial charge in [0.2, 0.25) is 0 Å². The lowest BCUT2D eigenvalue weighted by Gasteiger charge is -2.09. The maximum atomic E-state index is 12.4. The van der Waals surface area contributed by atoms with Crippen LogP contribution in [-0.2, 0) is 12.8 Å². The molecule has 1 amide bonds. The van der Waals surface area contributed by atoms with Crippen molar-refractivity contribution < 1.29 is 18.7 Å². The van der Waals surface area contributed by atoms with Gasteiger partial charge < -0.3 is 19.2 Å². The minimum atomic E-state index is -0.334. The number of carbonyl (C=O) groups is 1. The summed E-state index contributed by atoms with van der Waals surface area (Å²) in [7, 11) is 3.23. The van der Waals surface area contributed by atoms with Crippen LogP contribution >= 0.6 is 0 Å². The Kier molecular flexibility index (Phi) is 5.76. The fraction of sp³-hybridized carbons (Fsp3) is 0.238. The molecule has 3 rings (SSSR count). The van der Waals surface area contributed by atoms with E-state index in [-0.39, 0.29) is 11.7 Å². The highest BCUT2D eigenvalue weighted by atomic mass is 16.5. The van der Waals surface area contributed by atoms with Gasteiger partial charge in [-0.3, -0.25) is 4.79 Å². The summed E-state index contributed by atoms with van der Waals surface area (Å²) in [6.07, 6.45) is 3.03. The first-order chi connectivity index (χ1) is 13.1. The number of benzene rings is 1. The molecule has 0 spiro atoms. The number of pyridine rings is 1. The summed E-state index contributed by atoms with van der Waals surface area (Å²) in [5, 5.41) is 2.76. The Morgan fingerprint density at radius 2 is 1.96 bits per heavy atom. The average Bonchev–Trinajstić information content (AvgIpc) is 3.16. The standard InChI is InChI=1S/C21H22N2O4/c1-4-14-9-10-22-20(11-14)23-21(24)19-8-6-17(27-19)13-15-12-16(25-2)5-7-18(15)26-3/h5-12H,4,13H2,1-3H3,(H,22,23,24). The fourth-order valence-electron chi connectivity index (χ4n) is 2.74.